The van der Waals surface area contributed by atoms with E-state index in [9.17, 15) is 0 Å². The first-order valence-corrected chi connectivity index (χ1v) is 6.44. The van der Waals surface area contributed by atoms with Gasteiger partial charge in [0.2, 0.25) is 7.14 Å². The first kappa shape index (κ1) is 10.4. The Morgan fingerprint density at radius 1 is 0.643 bits per heavy atom. The van der Waals surface area contributed by atoms with Crippen LogP contribution in [0, 0.1) is 7.14 Å². The van der Waals surface area contributed by atoms with Gasteiger partial charge in [-0.05, 0) is 24.3 Å². The van der Waals surface area contributed by atoms with E-state index in [1.54, 1.807) is 7.14 Å². The number of benzene rings is 2. The molecule has 2 aromatic rings. The van der Waals surface area contributed by atoms with Crippen molar-refractivity contribution < 1.29 is 45.2 Å². The van der Waals surface area contributed by atoms with E-state index in [1.807, 2.05) is 0 Å². The highest BCUT2D eigenvalue weighted by molar-refractivity contribution is 5.64. The fourth-order valence-corrected chi connectivity index (χ4v) is 4.56. The Morgan fingerprint density at radius 2 is 1.07 bits per heavy atom. The molecule has 0 spiro atoms. The minimum absolute atomic E-state index is 0. The van der Waals surface area contributed by atoms with Crippen LogP contribution in [0.3, 0.4) is 0 Å². The summed E-state index contributed by atoms with van der Waals surface area (Å²) in [4.78, 5) is 0. The molecule has 1 heterocycles. The highest BCUT2D eigenvalue weighted by Crippen LogP contribution is 2.21. The smallest absolute Gasteiger partial charge is 0.359 e. The Labute approximate surface area is 111 Å². The Hall–Kier alpha value is -0.100. The molecular formula is C12H8I2. The topological polar surface area (TPSA) is 0 Å². The molecule has 1 aliphatic rings. The van der Waals surface area contributed by atoms with Crippen molar-refractivity contribution in [2.45, 2.75) is 0 Å². The van der Waals surface area contributed by atoms with E-state index >= 15 is 0 Å². The largest absolute Gasteiger partial charge is 1.00 e. The minimum atomic E-state index is 0. The Balaban J connectivity index is 0.000000750. The maximum Gasteiger partial charge on any atom is 0.359 e. The van der Waals surface area contributed by atoms with Crippen molar-refractivity contribution in [3.63, 3.8) is 0 Å². The van der Waals surface area contributed by atoms with Crippen molar-refractivity contribution in [1.29, 1.82) is 0 Å². The van der Waals surface area contributed by atoms with Gasteiger partial charge in [-0.1, -0.05) is 24.3 Å². The van der Waals surface area contributed by atoms with Gasteiger partial charge in [0.1, 0.15) is 0 Å². The predicted octanol–water partition coefficient (Wildman–Crippen LogP) is -3.20. The molecule has 0 aromatic heterocycles. The number of rotatable bonds is 0. The fraction of sp³-hybridized carbons (Fsp3) is 0. The van der Waals surface area contributed by atoms with Crippen molar-refractivity contribution in [1.82, 2.24) is 0 Å². The minimum Gasteiger partial charge on any atom is -1.00 e. The van der Waals surface area contributed by atoms with Crippen LogP contribution in [0.1, 0.15) is 0 Å². The summed E-state index contributed by atoms with van der Waals surface area (Å²) < 4.78 is 3.14. The van der Waals surface area contributed by atoms with Crippen LogP contribution in [0.4, 0.5) is 0 Å². The summed E-state index contributed by atoms with van der Waals surface area (Å²) in [5, 5.41) is 0. The van der Waals surface area contributed by atoms with Crippen LogP contribution < -0.4 is 45.2 Å². The van der Waals surface area contributed by atoms with Gasteiger partial charge in [0.25, 0.3) is 0 Å². The van der Waals surface area contributed by atoms with Gasteiger partial charge in [0, 0.05) is 11.1 Å². The third kappa shape index (κ3) is 1.58. The molecule has 0 nitrogen and oxygen atoms in total. The van der Waals surface area contributed by atoms with Gasteiger partial charge in [-0.3, -0.25) is 0 Å². The molecule has 0 atom stereocenters. The predicted molar refractivity (Wildman–Crippen MR) is 49.3 cm³/mol. The van der Waals surface area contributed by atoms with Crippen LogP contribution in [0.5, 0.6) is 0 Å². The van der Waals surface area contributed by atoms with Crippen molar-refractivity contribution in [3.05, 3.63) is 55.7 Å². The lowest BCUT2D eigenvalue weighted by Crippen LogP contribution is -3.61. The molecule has 2 aromatic carbocycles. The quantitative estimate of drug-likeness (QED) is 0.346. The lowest BCUT2D eigenvalue weighted by atomic mass is 10.1. The third-order valence-corrected chi connectivity index (χ3v) is 5.29. The zero-order valence-electron chi connectivity index (χ0n) is 7.37. The molecule has 2 heteroatoms. The fourth-order valence-electron chi connectivity index (χ4n) is 1.63. The molecule has 0 radical (unpaired) electrons. The van der Waals surface area contributed by atoms with Gasteiger partial charge in [0.05, 0.1) is 0 Å². The van der Waals surface area contributed by atoms with E-state index < -0.39 is 0 Å². The third-order valence-electron chi connectivity index (χ3n) is 2.24. The Kier molecular flexibility index (Phi) is 3.11. The van der Waals surface area contributed by atoms with E-state index in [0.717, 1.165) is 0 Å². The molecule has 3 rings (SSSR count). The van der Waals surface area contributed by atoms with Crippen molar-refractivity contribution in [3.8, 4) is 11.1 Å². The maximum absolute atomic E-state index is 2.27. The van der Waals surface area contributed by atoms with Crippen LogP contribution in [0.2, 0.25) is 0 Å². The maximum atomic E-state index is 2.27. The standard InChI is InChI=1S/C12H8I.HI/c1-3-7-11-9(5-1)10-6-2-4-8-12(10)13-11;/h1-8H;1H/q+1;/p-1. The molecule has 0 bridgehead atoms. The molecule has 0 saturated carbocycles. The van der Waals surface area contributed by atoms with Crippen LogP contribution >= 0.6 is 0 Å². The molecule has 0 N–H and O–H groups in total. The summed E-state index contributed by atoms with van der Waals surface area (Å²) in [5.74, 6) is 0. The second kappa shape index (κ2) is 4.18. The summed E-state index contributed by atoms with van der Waals surface area (Å²) in [6, 6.07) is 17.6. The van der Waals surface area contributed by atoms with Gasteiger partial charge in [-0.15, -0.1) is 0 Å². The van der Waals surface area contributed by atoms with E-state index in [2.05, 4.69) is 48.5 Å². The Bertz CT molecular complexity index is 420. The molecule has 0 amide bonds. The van der Waals surface area contributed by atoms with E-state index in [0.29, 0.717) is 0 Å². The average Bonchev–Trinajstić information content (AvgIpc) is 2.56. The summed E-state index contributed by atoms with van der Waals surface area (Å²) in [6.45, 7) is 0. The van der Waals surface area contributed by atoms with Gasteiger partial charge in [-0.2, -0.15) is 0 Å². The number of hydrogen-bond donors (Lipinski definition) is 0. The number of hydrogen-bond acceptors (Lipinski definition) is 0. The molecule has 1 aliphatic heterocycles. The second-order valence-corrected chi connectivity index (χ2v) is 5.92. The van der Waals surface area contributed by atoms with E-state index in [-0.39, 0.29) is 45.2 Å². The van der Waals surface area contributed by atoms with E-state index in [1.165, 1.54) is 11.1 Å². The first-order chi connectivity index (χ1) is 6.45. The normalized spacial score (nSPS) is 11.4. The SMILES string of the molecule is [I-].c1ccc2c(c1)[I+]c1ccccc1-2. The van der Waals surface area contributed by atoms with Crippen molar-refractivity contribution in [2.75, 3.05) is 0 Å². The molecule has 70 valence electrons. The first-order valence-electron chi connectivity index (χ1n) is 4.28. The molecular weight excluding hydrogens is 398 g/mol. The van der Waals surface area contributed by atoms with Crippen LogP contribution in [0.15, 0.2) is 48.5 Å². The van der Waals surface area contributed by atoms with Crippen LogP contribution in [-0.4, -0.2) is 0 Å². The van der Waals surface area contributed by atoms with Gasteiger partial charge in [-0.25, -0.2) is 0 Å². The summed E-state index contributed by atoms with van der Waals surface area (Å²) >= 11 is 0.103. The molecule has 0 aliphatic carbocycles. The monoisotopic (exact) mass is 406 g/mol. The zero-order chi connectivity index (χ0) is 8.67. The molecule has 0 unspecified atom stereocenters. The summed E-state index contributed by atoms with van der Waals surface area (Å²) in [6.07, 6.45) is 0. The average molecular weight is 406 g/mol. The summed E-state index contributed by atoms with van der Waals surface area (Å²) in [7, 11) is 0. The van der Waals surface area contributed by atoms with E-state index in [4.69, 9.17) is 0 Å². The highest BCUT2D eigenvalue weighted by atomic mass is 127. The van der Waals surface area contributed by atoms with Crippen molar-refractivity contribution in [2.24, 2.45) is 0 Å². The van der Waals surface area contributed by atoms with Crippen LogP contribution in [0.25, 0.3) is 11.1 Å². The molecule has 14 heavy (non-hydrogen) atoms. The lowest BCUT2D eigenvalue weighted by Gasteiger charge is -1.91. The molecule has 0 saturated heterocycles. The van der Waals surface area contributed by atoms with Gasteiger partial charge >= 0.3 is 21.2 Å². The van der Waals surface area contributed by atoms with Gasteiger partial charge < -0.3 is 24.0 Å². The Morgan fingerprint density at radius 3 is 1.57 bits per heavy atom. The number of fused-ring (bicyclic) bond motifs is 3. The summed E-state index contributed by atoms with van der Waals surface area (Å²) in [5.41, 5.74) is 2.93. The van der Waals surface area contributed by atoms with Crippen LogP contribution in [-0.2, 0) is 0 Å². The number of halogens is 2. The second-order valence-electron chi connectivity index (χ2n) is 3.05. The highest BCUT2D eigenvalue weighted by Gasteiger charge is 2.31. The molecule has 0 fully saturated rings. The lowest BCUT2D eigenvalue weighted by molar-refractivity contribution is -0.589. The zero-order valence-corrected chi connectivity index (χ0v) is 11.7. The van der Waals surface area contributed by atoms with Crippen molar-refractivity contribution >= 4 is 0 Å². The van der Waals surface area contributed by atoms with Gasteiger partial charge in [0.15, 0.2) is 0 Å².